The molecule has 6 heteroatoms. The van der Waals surface area contributed by atoms with Gasteiger partial charge in [-0.2, -0.15) is 0 Å². The number of hydrogen-bond acceptors (Lipinski definition) is 2. The molecule has 2 aromatic rings. The van der Waals surface area contributed by atoms with E-state index in [-0.39, 0.29) is 0 Å². The molecule has 20 heavy (non-hydrogen) atoms. The van der Waals surface area contributed by atoms with Crippen molar-refractivity contribution in [3.8, 4) is 5.75 Å². The highest BCUT2D eigenvalue weighted by Gasteiger charge is 2.21. The molecule has 1 aliphatic heterocycles. The maximum Gasteiger partial charge on any atom is 0.146 e. The Balaban J connectivity index is 2.30. The topological polar surface area (TPSA) is 28.3 Å². The van der Waals surface area contributed by atoms with Crippen LogP contribution in [0.3, 0.4) is 0 Å². The van der Waals surface area contributed by atoms with E-state index in [1.807, 2.05) is 0 Å². The third kappa shape index (κ3) is 1.89. The Morgan fingerprint density at radius 2 is 1.75 bits per heavy atom. The summed E-state index contributed by atoms with van der Waals surface area (Å²) in [5.74, 6) is 1.03. The van der Waals surface area contributed by atoms with Crippen molar-refractivity contribution < 1.29 is 4.74 Å². The van der Waals surface area contributed by atoms with E-state index in [9.17, 15) is 0 Å². The van der Waals surface area contributed by atoms with E-state index < -0.39 is 0 Å². The zero-order valence-corrected chi connectivity index (χ0v) is 13.2. The molecule has 0 unspecified atom stereocenters. The van der Waals surface area contributed by atoms with E-state index in [4.69, 9.17) is 4.74 Å². The molecule has 1 N–H and O–H groups in total. The molecular weight excluding hydrogens is 245 g/mol. The van der Waals surface area contributed by atoms with Crippen molar-refractivity contribution in [2.75, 3.05) is 27.2 Å². The smallest absolute Gasteiger partial charge is 0.146 e. The van der Waals surface area contributed by atoms with Crippen LogP contribution < -0.4 is 21.1 Å². The highest BCUT2D eigenvalue weighted by Crippen LogP contribution is 2.24. The standard InChI is InChI=1S/C14H21B3N2O/c1-19-5-3-7-8(4-6-19)18-13-9(7)10(15)11(16)14(20-2)12(13)17/h18H,3-6,15-17H2,1-2H3. The lowest BCUT2D eigenvalue weighted by molar-refractivity contribution is 0.352. The van der Waals surface area contributed by atoms with Gasteiger partial charge in [0.05, 0.1) is 7.11 Å². The summed E-state index contributed by atoms with van der Waals surface area (Å²) >= 11 is 0. The number of rotatable bonds is 1. The Morgan fingerprint density at radius 1 is 1.05 bits per heavy atom. The first-order valence-corrected chi connectivity index (χ1v) is 7.40. The third-order valence-electron chi connectivity index (χ3n) is 4.88. The second-order valence-electron chi connectivity index (χ2n) is 6.04. The lowest BCUT2D eigenvalue weighted by Gasteiger charge is -2.16. The minimum Gasteiger partial charge on any atom is -0.498 e. The number of hydrogen-bond donors (Lipinski definition) is 1. The highest BCUT2D eigenvalue weighted by atomic mass is 16.5. The number of aromatic nitrogens is 1. The van der Waals surface area contributed by atoms with Gasteiger partial charge in [-0.25, -0.2) is 0 Å². The maximum absolute atomic E-state index is 5.61. The lowest BCUT2D eigenvalue weighted by atomic mass is 9.73. The second-order valence-corrected chi connectivity index (χ2v) is 6.04. The minimum atomic E-state index is 1.03. The summed E-state index contributed by atoms with van der Waals surface area (Å²) in [5.41, 5.74) is 8.10. The van der Waals surface area contributed by atoms with Gasteiger partial charge in [0.15, 0.2) is 0 Å². The fourth-order valence-electron chi connectivity index (χ4n) is 3.55. The van der Waals surface area contributed by atoms with E-state index in [0.29, 0.717) is 0 Å². The number of aromatic amines is 1. The van der Waals surface area contributed by atoms with Gasteiger partial charge in [0.1, 0.15) is 29.3 Å². The minimum absolute atomic E-state index is 1.03. The van der Waals surface area contributed by atoms with Gasteiger partial charge in [-0.1, -0.05) is 10.9 Å². The number of nitrogens with zero attached hydrogens (tertiary/aromatic N) is 1. The Hall–Kier alpha value is -1.29. The highest BCUT2D eigenvalue weighted by molar-refractivity contribution is 6.57. The van der Waals surface area contributed by atoms with Crippen molar-refractivity contribution in [1.29, 1.82) is 0 Å². The van der Waals surface area contributed by atoms with Crippen LogP contribution in [0, 0.1) is 0 Å². The molecule has 1 aliphatic rings. The van der Waals surface area contributed by atoms with E-state index >= 15 is 0 Å². The fourth-order valence-corrected chi connectivity index (χ4v) is 3.55. The van der Waals surface area contributed by atoms with E-state index in [1.165, 1.54) is 38.5 Å². The average Bonchev–Trinajstić information content (AvgIpc) is 2.70. The predicted octanol–water partition coefficient (Wildman–Crippen LogP) is -3.02. The van der Waals surface area contributed by atoms with Crippen LogP contribution in [0.2, 0.25) is 0 Å². The molecular formula is C14H21B3N2O. The third-order valence-corrected chi connectivity index (χ3v) is 4.88. The number of methoxy groups -OCH3 is 1. The first-order chi connectivity index (χ1) is 9.54. The number of ether oxygens (including phenoxy) is 1. The van der Waals surface area contributed by atoms with Crippen LogP contribution in [0.15, 0.2) is 0 Å². The summed E-state index contributed by atoms with van der Waals surface area (Å²) in [5, 5.41) is 1.44. The Kier molecular flexibility index (Phi) is 3.37. The summed E-state index contributed by atoms with van der Waals surface area (Å²) in [6, 6.07) is 0. The number of benzene rings is 1. The molecule has 0 spiro atoms. The normalized spacial score (nSPS) is 16.1. The number of nitrogens with one attached hydrogen (secondary N) is 1. The van der Waals surface area contributed by atoms with E-state index in [0.717, 1.165) is 31.7 Å². The van der Waals surface area contributed by atoms with Crippen LogP contribution in [0.4, 0.5) is 0 Å². The number of likely N-dealkylation sites (N-methyl/N-ethyl adjacent to an activating group) is 1. The van der Waals surface area contributed by atoms with Crippen LogP contribution in [0.1, 0.15) is 11.3 Å². The van der Waals surface area contributed by atoms with Gasteiger partial charge < -0.3 is 14.6 Å². The van der Waals surface area contributed by atoms with Gasteiger partial charge >= 0.3 is 0 Å². The summed E-state index contributed by atoms with van der Waals surface area (Å²) in [6.07, 6.45) is 2.25. The molecule has 102 valence electrons. The van der Waals surface area contributed by atoms with Crippen molar-refractivity contribution in [3.05, 3.63) is 11.3 Å². The Morgan fingerprint density at radius 3 is 2.45 bits per heavy atom. The van der Waals surface area contributed by atoms with Crippen LogP contribution in [-0.4, -0.2) is 60.7 Å². The molecule has 2 heterocycles. The van der Waals surface area contributed by atoms with Gasteiger partial charge in [-0.05, 0) is 29.9 Å². The number of fused-ring (bicyclic) bond motifs is 3. The van der Waals surface area contributed by atoms with Gasteiger partial charge in [0.25, 0.3) is 0 Å². The van der Waals surface area contributed by atoms with Gasteiger partial charge in [-0.3, -0.25) is 0 Å². The molecule has 0 atom stereocenters. The van der Waals surface area contributed by atoms with Crippen LogP contribution in [0.25, 0.3) is 10.9 Å². The zero-order chi connectivity index (χ0) is 14.4. The molecule has 0 saturated carbocycles. The SMILES string of the molecule is Bc1c(OC)c(B)c2[nH]c3c(c2c1B)CCN(C)CC3. The molecule has 3 nitrogen and oxygen atoms in total. The molecule has 0 bridgehead atoms. The molecule has 3 rings (SSSR count). The second kappa shape index (κ2) is 4.92. The molecule has 0 amide bonds. The van der Waals surface area contributed by atoms with Crippen LogP contribution in [-0.2, 0) is 12.8 Å². The average molecular weight is 266 g/mol. The zero-order valence-electron chi connectivity index (χ0n) is 13.2. The summed E-state index contributed by atoms with van der Waals surface area (Å²) < 4.78 is 5.61. The van der Waals surface area contributed by atoms with E-state index in [2.05, 4.69) is 40.5 Å². The predicted molar refractivity (Wildman–Crippen MR) is 94.3 cm³/mol. The van der Waals surface area contributed by atoms with Gasteiger partial charge in [0, 0.05) is 30.7 Å². The molecule has 0 aliphatic carbocycles. The Bertz CT molecular complexity index is 681. The summed E-state index contributed by atoms with van der Waals surface area (Å²) in [6.45, 7) is 2.28. The van der Waals surface area contributed by atoms with Gasteiger partial charge in [-0.15, -0.1) is 0 Å². The van der Waals surface area contributed by atoms with Crippen molar-refractivity contribution in [3.63, 3.8) is 0 Å². The van der Waals surface area contributed by atoms with Crippen molar-refractivity contribution in [1.82, 2.24) is 9.88 Å². The van der Waals surface area contributed by atoms with Crippen molar-refractivity contribution >= 4 is 50.8 Å². The first-order valence-electron chi connectivity index (χ1n) is 7.40. The molecule has 0 radical (unpaired) electrons. The van der Waals surface area contributed by atoms with Crippen molar-refractivity contribution in [2.24, 2.45) is 0 Å². The van der Waals surface area contributed by atoms with Crippen LogP contribution in [0.5, 0.6) is 5.75 Å². The summed E-state index contributed by atoms with van der Waals surface area (Å²) in [7, 11) is 10.5. The summed E-state index contributed by atoms with van der Waals surface area (Å²) in [4.78, 5) is 6.10. The first kappa shape index (κ1) is 13.7. The van der Waals surface area contributed by atoms with Crippen LogP contribution >= 0.6 is 0 Å². The Labute approximate surface area is 123 Å². The maximum atomic E-state index is 5.61. The molecule has 0 fully saturated rings. The number of H-pyrrole nitrogens is 1. The van der Waals surface area contributed by atoms with E-state index in [1.54, 1.807) is 7.11 Å². The fraction of sp³-hybridized carbons (Fsp3) is 0.429. The van der Waals surface area contributed by atoms with Crippen molar-refractivity contribution in [2.45, 2.75) is 12.8 Å². The largest absolute Gasteiger partial charge is 0.498 e. The quantitative estimate of drug-likeness (QED) is 0.556. The molecule has 1 aromatic heterocycles. The lowest BCUT2D eigenvalue weighted by Crippen LogP contribution is -2.33. The monoisotopic (exact) mass is 266 g/mol. The van der Waals surface area contributed by atoms with Gasteiger partial charge in [0.2, 0.25) is 0 Å². The molecule has 1 aromatic carbocycles. The molecule has 0 saturated heterocycles.